The van der Waals surface area contributed by atoms with Crippen LogP contribution in [0.1, 0.15) is 26.1 Å². The molecule has 136 valence electrons. The number of aromatic nitrogens is 3. The Morgan fingerprint density at radius 2 is 1.96 bits per heavy atom. The Morgan fingerprint density at radius 1 is 1.19 bits per heavy atom. The van der Waals surface area contributed by atoms with Crippen LogP contribution in [0.15, 0.2) is 48.8 Å². The summed E-state index contributed by atoms with van der Waals surface area (Å²) in [5.41, 5.74) is 2.91. The van der Waals surface area contributed by atoms with Crippen LogP contribution in [0.4, 0.5) is 5.69 Å². The van der Waals surface area contributed by atoms with Gasteiger partial charge in [0.2, 0.25) is 0 Å². The molecule has 0 spiro atoms. The minimum absolute atomic E-state index is 0.160. The van der Waals surface area contributed by atoms with E-state index in [1.165, 1.54) is 11.3 Å². The molecule has 0 radical (unpaired) electrons. The van der Waals surface area contributed by atoms with Gasteiger partial charge in [0.15, 0.2) is 5.65 Å². The lowest BCUT2D eigenvalue weighted by Gasteiger charge is -2.02. The predicted octanol–water partition coefficient (Wildman–Crippen LogP) is 5.25. The molecule has 8 heteroatoms. The molecular weight excluding hydrogens is 403 g/mol. The Hall–Kier alpha value is -2.41. The SMILES string of the molecule is Cc1nc(Cc2cn3cc(Cl)cc(Cl)c3n2)sc1C(=O)Nc1ccccc1. The molecule has 1 N–H and O–H groups in total. The molecule has 4 rings (SSSR count). The number of rotatable bonds is 4. The maximum atomic E-state index is 12.5. The molecule has 27 heavy (non-hydrogen) atoms. The molecule has 0 aliphatic heterocycles. The zero-order valence-electron chi connectivity index (χ0n) is 14.2. The lowest BCUT2D eigenvalue weighted by atomic mass is 10.3. The van der Waals surface area contributed by atoms with Gasteiger partial charge in [-0.3, -0.25) is 4.79 Å². The van der Waals surface area contributed by atoms with Crippen LogP contribution in [0.5, 0.6) is 0 Å². The first kappa shape index (κ1) is 18.0. The van der Waals surface area contributed by atoms with Crippen molar-refractivity contribution in [2.24, 2.45) is 0 Å². The summed E-state index contributed by atoms with van der Waals surface area (Å²) in [5, 5.41) is 4.74. The third-order valence-electron chi connectivity index (χ3n) is 3.93. The van der Waals surface area contributed by atoms with Crippen molar-refractivity contribution < 1.29 is 4.79 Å². The lowest BCUT2D eigenvalue weighted by Crippen LogP contribution is -2.11. The van der Waals surface area contributed by atoms with Gasteiger partial charge in [-0.1, -0.05) is 41.4 Å². The topological polar surface area (TPSA) is 59.3 Å². The second-order valence-corrected chi connectivity index (χ2v) is 7.92. The monoisotopic (exact) mass is 416 g/mol. The molecule has 0 aliphatic carbocycles. The van der Waals surface area contributed by atoms with E-state index >= 15 is 0 Å². The molecular formula is C19H14Cl2N4OS. The van der Waals surface area contributed by atoms with E-state index in [9.17, 15) is 4.79 Å². The Kier molecular flexibility index (Phi) is 4.86. The zero-order chi connectivity index (χ0) is 19.0. The molecule has 3 heterocycles. The average molecular weight is 417 g/mol. The third-order valence-corrected chi connectivity index (χ3v) is 5.57. The smallest absolute Gasteiger partial charge is 0.267 e. The summed E-state index contributed by atoms with van der Waals surface area (Å²) >= 11 is 13.6. The molecule has 0 aliphatic rings. The van der Waals surface area contributed by atoms with E-state index < -0.39 is 0 Å². The number of nitrogens with zero attached hydrogens (tertiary/aromatic N) is 3. The highest BCUT2D eigenvalue weighted by Gasteiger charge is 2.17. The van der Waals surface area contributed by atoms with Gasteiger partial charge in [0.25, 0.3) is 5.91 Å². The van der Waals surface area contributed by atoms with E-state index in [0.29, 0.717) is 32.7 Å². The normalized spacial score (nSPS) is 11.1. The van der Waals surface area contributed by atoms with Crippen molar-refractivity contribution in [3.8, 4) is 0 Å². The van der Waals surface area contributed by atoms with Crippen LogP contribution in [-0.4, -0.2) is 20.3 Å². The molecule has 0 saturated carbocycles. The number of nitrogens with one attached hydrogen (secondary N) is 1. The zero-order valence-corrected chi connectivity index (χ0v) is 16.6. The van der Waals surface area contributed by atoms with E-state index in [0.717, 1.165) is 16.4 Å². The first-order chi connectivity index (χ1) is 13.0. The molecule has 4 aromatic rings. The number of fused-ring (bicyclic) bond motifs is 1. The number of aryl methyl sites for hydroxylation is 1. The Balaban J connectivity index is 1.56. The lowest BCUT2D eigenvalue weighted by molar-refractivity contribution is 0.103. The fourth-order valence-electron chi connectivity index (χ4n) is 2.76. The van der Waals surface area contributed by atoms with Crippen LogP contribution in [0.25, 0.3) is 5.65 Å². The standard InChI is InChI=1S/C19H14Cl2N4OS/c1-11-17(19(26)24-13-5-3-2-4-6-13)27-16(22-11)8-14-10-25-9-12(20)7-15(21)18(25)23-14/h2-7,9-10H,8H2,1H3,(H,24,26). The van der Waals surface area contributed by atoms with E-state index in [1.54, 1.807) is 16.7 Å². The van der Waals surface area contributed by atoms with Gasteiger partial charge in [-0.25, -0.2) is 9.97 Å². The highest BCUT2D eigenvalue weighted by molar-refractivity contribution is 7.14. The fourth-order valence-corrected chi connectivity index (χ4v) is 4.27. The van der Waals surface area contributed by atoms with Crippen molar-refractivity contribution in [2.75, 3.05) is 5.32 Å². The van der Waals surface area contributed by atoms with Crippen molar-refractivity contribution in [3.05, 3.63) is 80.1 Å². The Bertz CT molecular complexity index is 1140. The Labute approximate surface area is 169 Å². The van der Waals surface area contributed by atoms with Crippen molar-refractivity contribution >= 4 is 51.8 Å². The number of halogens is 2. The summed E-state index contributed by atoms with van der Waals surface area (Å²) in [7, 11) is 0. The number of hydrogen-bond acceptors (Lipinski definition) is 4. The van der Waals surface area contributed by atoms with E-state index in [4.69, 9.17) is 23.2 Å². The van der Waals surface area contributed by atoms with Crippen LogP contribution in [0, 0.1) is 6.92 Å². The van der Waals surface area contributed by atoms with E-state index in [1.807, 2.05) is 43.5 Å². The quantitative estimate of drug-likeness (QED) is 0.494. The molecule has 3 aromatic heterocycles. The number of benzene rings is 1. The van der Waals surface area contributed by atoms with Gasteiger partial charge in [0, 0.05) is 24.5 Å². The van der Waals surface area contributed by atoms with Crippen LogP contribution in [0.3, 0.4) is 0 Å². The van der Waals surface area contributed by atoms with Gasteiger partial charge in [-0.05, 0) is 25.1 Å². The molecule has 0 fully saturated rings. The van der Waals surface area contributed by atoms with Crippen molar-refractivity contribution in [1.82, 2.24) is 14.4 Å². The van der Waals surface area contributed by atoms with Crippen molar-refractivity contribution in [3.63, 3.8) is 0 Å². The number of pyridine rings is 1. The van der Waals surface area contributed by atoms with Gasteiger partial charge >= 0.3 is 0 Å². The molecule has 0 atom stereocenters. The molecule has 1 amide bonds. The summed E-state index contributed by atoms with van der Waals surface area (Å²) < 4.78 is 1.80. The number of carbonyl (C=O) groups is 1. The summed E-state index contributed by atoms with van der Waals surface area (Å²) in [6.45, 7) is 1.83. The highest BCUT2D eigenvalue weighted by atomic mass is 35.5. The number of thiazole rings is 1. The molecule has 1 aromatic carbocycles. The molecule has 0 saturated heterocycles. The average Bonchev–Trinajstić information content (AvgIpc) is 3.19. The number of amides is 1. The maximum Gasteiger partial charge on any atom is 0.267 e. The van der Waals surface area contributed by atoms with Gasteiger partial charge < -0.3 is 9.72 Å². The minimum atomic E-state index is -0.160. The number of imidazole rings is 1. The fraction of sp³-hybridized carbons (Fsp3) is 0.105. The van der Waals surface area contributed by atoms with Gasteiger partial charge in [-0.15, -0.1) is 11.3 Å². The summed E-state index contributed by atoms with van der Waals surface area (Å²) in [6.07, 6.45) is 4.14. The number of anilines is 1. The first-order valence-corrected chi connectivity index (χ1v) is 9.72. The summed E-state index contributed by atoms with van der Waals surface area (Å²) in [6, 6.07) is 11.0. The van der Waals surface area contributed by atoms with Crippen LogP contribution >= 0.6 is 34.5 Å². The summed E-state index contributed by atoms with van der Waals surface area (Å²) in [5.74, 6) is -0.160. The predicted molar refractivity (Wildman–Crippen MR) is 109 cm³/mol. The number of para-hydroxylation sites is 1. The van der Waals surface area contributed by atoms with Gasteiger partial charge in [0.05, 0.1) is 26.4 Å². The second-order valence-electron chi connectivity index (χ2n) is 5.99. The number of carbonyl (C=O) groups excluding carboxylic acids is 1. The van der Waals surface area contributed by atoms with Crippen LogP contribution < -0.4 is 5.32 Å². The first-order valence-electron chi connectivity index (χ1n) is 8.15. The molecule has 0 unspecified atom stereocenters. The highest BCUT2D eigenvalue weighted by Crippen LogP contribution is 2.25. The van der Waals surface area contributed by atoms with Crippen LogP contribution in [0.2, 0.25) is 10.0 Å². The largest absolute Gasteiger partial charge is 0.321 e. The second kappa shape index (κ2) is 7.31. The molecule has 5 nitrogen and oxygen atoms in total. The van der Waals surface area contributed by atoms with E-state index in [2.05, 4.69) is 15.3 Å². The van der Waals surface area contributed by atoms with Gasteiger partial charge in [0.1, 0.15) is 4.88 Å². The third kappa shape index (κ3) is 3.83. The number of hydrogen-bond donors (Lipinski definition) is 1. The van der Waals surface area contributed by atoms with E-state index in [-0.39, 0.29) is 5.91 Å². The van der Waals surface area contributed by atoms with Gasteiger partial charge in [-0.2, -0.15) is 0 Å². The van der Waals surface area contributed by atoms with Crippen molar-refractivity contribution in [2.45, 2.75) is 13.3 Å². The summed E-state index contributed by atoms with van der Waals surface area (Å²) in [4.78, 5) is 22.2. The van der Waals surface area contributed by atoms with Crippen molar-refractivity contribution in [1.29, 1.82) is 0 Å². The Morgan fingerprint density at radius 3 is 2.74 bits per heavy atom. The van der Waals surface area contributed by atoms with Crippen LogP contribution in [-0.2, 0) is 6.42 Å². The molecule has 0 bridgehead atoms. The maximum absolute atomic E-state index is 12.5. The minimum Gasteiger partial charge on any atom is -0.321 e.